The highest BCUT2D eigenvalue weighted by molar-refractivity contribution is 7.15. The van der Waals surface area contributed by atoms with Crippen LogP contribution in [0.15, 0.2) is 23.4 Å². The molecule has 15 heavy (non-hydrogen) atoms. The maximum Gasteiger partial charge on any atom is 0.328 e. The number of imidazole rings is 1. The summed E-state index contributed by atoms with van der Waals surface area (Å²) < 4.78 is 3.31. The third kappa shape index (κ3) is 1.94. The normalized spacial score (nSPS) is 10.7. The summed E-state index contributed by atoms with van der Waals surface area (Å²) in [7, 11) is 0. The first-order valence-electron chi connectivity index (χ1n) is 4.66. The van der Waals surface area contributed by atoms with Gasteiger partial charge in [-0.15, -0.1) is 11.3 Å². The molecule has 2 heterocycles. The smallest absolute Gasteiger partial charge is 0.328 e. The van der Waals surface area contributed by atoms with Crippen LogP contribution in [0.4, 0.5) is 5.13 Å². The summed E-state index contributed by atoms with van der Waals surface area (Å²) in [5, 5.41) is 0.535. The zero-order valence-corrected chi connectivity index (χ0v) is 9.20. The summed E-state index contributed by atoms with van der Waals surface area (Å²) in [6.45, 7) is 3.17. The van der Waals surface area contributed by atoms with Crippen LogP contribution in [0, 0.1) is 0 Å². The van der Waals surface area contributed by atoms with E-state index in [1.807, 2.05) is 6.92 Å². The van der Waals surface area contributed by atoms with E-state index < -0.39 is 0 Å². The summed E-state index contributed by atoms with van der Waals surface area (Å²) in [6, 6.07) is 0. The van der Waals surface area contributed by atoms with Crippen molar-refractivity contribution < 1.29 is 0 Å². The van der Waals surface area contributed by atoms with Crippen molar-refractivity contribution in [1.82, 2.24) is 14.1 Å². The highest BCUT2D eigenvalue weighted by Gasteiger charge is 2.04. The van der Waals surface area contributed by atoms with Crippen LogP contribution in [0.2, 0.25) is 0 Å². The molecule has 0 amide bonds. The molecule has 0 fully saturated rings. The van der Waals surface area contributed by atoms with Crippen LogP contribution in [-0.2, 0) is 13.1 Å². The van der Waals surface area contributed by atoms with Crippen LogP contribution in [0.5, 0.6) is 0 Å². The van der Waals surface area contributed by atoms with Crippen molar-refractivity contribution >= 4 is 16.5 Å². The van der Waals surface area contributed by atoms with Crippen molar-refractivity contribution in [2.75, 3.05) is 5.73 Å². The third-order valence-electron chi connectivity index (χ3n) is 2.16. The number of aromatic nitrogens is 3. The Bertz CT molecular complexity index is 510. The lowest BCUT2D eigenvalue weighted by Gasteiger charge is -1.97. The number of thiazole rings is 1. The average Bonchev–Trinajstić information content (AvgIpc) is 2.76. The van der Waals surface area contributed by atoms with E-state index >= 15 is 0 Å². The van der Waals surface area contributed by atoms with Crippen LogP contribution in [0.3, 0.4) is 0 Å². The Morgan fingerprint density at radius 1 is 1.47 bits per heavy atom. The molecule has 0 atom stereocenters. The van der Waals surface area contributed by atoms with E-state index in [-0.39, 0.29) is 5.69 Å². The first-order chi connectivity index (χ1) is 7.20. The molecule has 80 valence electrons. The second kappa shape index (κ2) is 3.90. The zero-order valence-electron chi connectivity index (χ0n) is 8.38. The molecule has 6 heteroatoms. The standard InChI is InChI=1S/C9H12N4OS/c1-2-12-3-4-13(9(12)14)6-7-5-11-8(10)15-7/h3-5H,2,6H2,1H3,(H2,10,11). The summed E-state index contributed by atoms with van der Waals surface area (Å²) in [5.74, 6) is 0. The maximum absolute atomic E-state index is 11.7. The minimum absolute atomic E-state index is 0.00414. The number of nitrogens with two attached hydrogens (primary N) is 1. The lowest BCUT2D eigenvalue weighted by Crippen LogP contribution is -2.23. The molecule has 0 saturated carbocycles. The molecule has 0 aromatic carbocycles. The fourth-order valence-electron chi connectivity index (χ4n) is 1.38. The van der Waals surface area contributed by atoms with Gasteiger partial charge >= 0.3 is 5.69 Å². The third-order valence-corrected chi connectivity index (χ3v) is 2.97. The maximum atomic E-state index is 11.7. The molecule has 2 rings (SSSR count). The molecule has 0 bridgehead atoms. The second-order valence-corrected chi connectivity index (χ2v) is 4.31. The van der Waals surface area contributed by atoms with Crippen LogP contribution in [-0.4, -0.2) is 14.1 Å². The van der Waals surface area contributed by atoms with E-state index in [0.717, 1.165) is 4.88 Å². The van der Waals surface area contributed by atoms with Gasteiger partial charge in [-0.3, -0.25) is 9.13 Å². The minimum atomic E-state index is 0.00414. The molecule has 2 aromatic heterocycles. The lowest BCUT2D eigenvalue weighted by molar-refractivity contribution is 0.671. The van der Waals surface area contributed by atoms with Gasteiger partial charge in [0.1, 0.15) is 0 Å². The van der Waals surface area contributed by atoms with E-state index in [9.17, 15) is 4.79 Å². The van der Waals surface area contributed by atoms with Crippen LogP contribution >= 0.6 is 11.3 Å². The van der Waals surface area contributed by atoms with Gasteiger partial charge in [-0.05, 0) is 6.92 Å². The number of anilines is 1. The number of nitrogens with zero attached hydrogens (tertiary/aromatic N) is 3. The number of aryl methyl sites for hydroxylation is 1. The molecule has 0 aliphatic heterocycles. The van der Waals surface area contributed by atoms with Crippen LogP contribution < -0.4 is 11.4 Å². The Hall–Kier alpha value is -1.56. The molecule has 0 saturated heterocycles. The van der Waals surface area contributed by atoms with Gasteiger partial charge in [-0.2, -0.15) is 0 Å². The second-order valence-electron chi connectivity index (χ2n) is 3.16. The van der Waals surface area contributed by atoms with E-state index in [1.165, 1.54) is 11.3 Å². The largest absolute Gasteiger partial charge is 0.375 e. The van der Waals surface area contributed by atoms with Gasteiger partial charge < -0.3 is 5.73 Å². The number of rotatable bonds is 3. The predicted octanol–water partition coefficient (Wildman–Crippen LogP) is 0.757. The van der Waals surface area contributed by atoms with Crippen molar-refractivity contribution in [3.63, 3.8) is 0 Å². The number of nitrogen functional groups attached to an aromatic ring is 1. The lowest BCUT2D eigenvalue weighted by atomic mass is 10.5. The summed E-state index contributed by atoms with van der Waals surface area (Å²) in [5.41, 5.74) is 5.52. The van der Waals surface area contributed by atoms with Gasteiger partial charge in [0.05, 0.1) is 6.54 Å². The molecule has 2 N–H and O–H groups in total. The van der Waals surface area contributed by atoms with E-state index in [2.05, 4.69) is 4.98 Å². The fourth-order valence-corrected chi connectivity index (χ4v) is 2.06. The van der Waals surface area contributed by atoms with Gasteiger partial charge in [0.25, 0.3) is 0 Å². The SMILES string of the molecule is CCn1ccn(Cc2cnc(N)s2)c1=O. The first kappa shape index (κ1) is 9.97. The number of hydrogen-bond donors (Lipinski definition) is 1. The molecule has 2 aromatic rings. The van der Waals surface area contributed by atoms with Crippen molar-refractivity contribution in [3.8, 4) is 0 Å². The molecular weight excluding hydrogens is 212 g/mol. The summed E-state index contributed by atoms with van der Waals surface area (Å²) in [4.78, 5) is 16.6. The van der Waals surface area contributed by atoms with Gasteiger partial charge in [0, 0.05) is 30.0 Å². The molecular formula is C9H12N4OS. The fraction of sp³-hybridized carbons (Fsp3) is 0.333. The predicted molar refractivity (Wildman–Crippen MR) is 60.0 cm³/mol. The highest BCUT2D eigenvalue weighted by Crippen LogP contribution is 2.14. The van der Waals surface area contributed by atoms with Crippen molar-refractivity contribution in [2.45, 2.75) is 20.0 Å². The van der Waals surface area contributed by atoms with Crippen molar-refractivity contribution in [2.24, 2.45) is 0 Å². The monoisotopic (exact) mass is 224 g/mol. The average molecular weight is 224 g/mol. The molecule has 0 unspecified atom stereocenters. The van der Waals surface area contributed by atoms with E-state index in [1.54, 1.807) is 27.7 Å². The quantitative estimate of drug-likeness (QED) is 0.837. The van der Waals surface area contributed by atoms with Crippen molar-refractivity contribution in [3.05, 3.63) is 34.0 Å². The van der Waals surface area contributed by atoms with Gasteiger partial charge in [0.2, 0.25) is 0 Å². The molecule has 5 nitrogen and oxygen atoms in total. The molecule has 0 radical (unpaired) electrons. The van der Waals surface area contributed by atoms with Gasteiger partial charge in [-0.1, -0.05) is 0 Å². The Labute approximate surface area is 90.8 Å². The highest BCUT2D eigenvalue weighted by atomic mass is 32.1. The molecule has 0 aliphatic carbocycles. The van der Waals surface area contributed by atoms with E-state index in [0.29, 0.717) is 18.2 Å². The Kier molecular flexibility index (Phi) is 2.59. The van der Waals surface area contributed by atoms with Crippen molar-refractivity contribution in [1.29, 1.82) is 0 Å². The Balaban J connectivity index is 2.25. The summed E-state index contributed by atoms with van der Waals surface area (Å²) in [6.07, 6.45) is 5.27. The Morgan fingerprint density at radius 2 is 2.20 bits per heavy atom. The number of hydrogen-bond acceptors (Lipinski definition) is 4. The zero-order chi connectivity index (χ0) is 10.8. The molecule has 0 spiro atoms. The first-order valence-corrected chi connectivity index (χ1v) is 5.48. The van der Waals surface area contributed by atoms with Gasteiger partial charge in [-0.25, -0.2) is 9.78 Å². The summed E-state index contributed by atoms with van der Waals surface area (Å²) >= 11 is 1.41. The van der Waals surface area contributed by atoms with E-state index in [4.69, 9.17) is 5.73 Å². The molecule has 0 aliphatic rings. The Morgan fingerprint density at radius 3 is 2.73 bits per heavy atom. The van der Waals surface area contributed by atoms with Gasteiger partial charge in [0.15, 0.2) is 5.13 Å². The van der Waals surface area contributed by atoms with Crippen LogP contribution in [0.1, 0.15) is 11.8 Å². The minimum Gasteiger partial charge on any atom is -0.375 e. The van der Waals surface area contributed by atoms with Crippen LogP contribution in [0.25, 0.3) is 0 Å². The topological polar surface area (TPSA) is 65.8 Å².